The predicted octanol–water partition coefficient (Wildman–Crippen LogP) is 5.48. The Morgan fingerprint density at radius 1 is 0.903 bits per heavy atom. The summed E-state index contributed by atoms with van der Waals surface area (Å²) in [5.41, 5.74) is 0.233. The fourth-order valence-corrected chi connectivity index (χ4v) is 4.19. The van der Waals surface area contributed by atoms with Crippen molar-refractivity contribution < 1.29 is 23.7 Å². The zero-order chi connectivity index (χ0) is 21.9. The molecule has 0 spiro atoms. The number of methoxy groups -OCH3 is 1. The minimum absolute atomic E-state index is 0. The molecule has 0 aliphatic rings. The van der Waals surface area contributed by atoms with E-state index in [1.165, 1.54) is 7.11 Å². The van der Waals surface area contributed by atoms with Crippen LogP contribution in [0.5, 0.6) is 23.0 Å². The van der Waals surface area contributed by atoms with Gasteiger partial charge in [0.15, 0.2) is 5.52 Å². The molecule has 0 N–H and O–H groups in total. The first-order chi connectivity index (χ1) is 14.5. The van der Waals surface area contributed by atoms with E-state index in [9.17, 15) is 4.79 Å². The first-order valence-electron chi connectivity index (χ1n) is 10.3. The molecule has 1 unspecified atom stereocenters. The molecular weight excluding hydrogens is 430 g/mol. The van der Waals surface area contributed by atoms with Crippen molar-refractivity contribution >= 4 is 49.9 Å². The zero-order valence-corrected chi connectivity index (χ0v) is 20.8. The fraction of sp³-hybridized carbons (Fsp3) is 0.435. The van der Waals surface area contributed by atoms with Crippen LogP contribution in [0.15, 0.2) is 30.3 Å². The van der Waals surface area contributed by atoms with Gasteiger partial charge in [0.05, 0.1) is 42.8 Å². The van der Waals surface area contributed by atoms with Crippen molar-refractivity contribution in [3.05, 3.63) is 40.9 Å². The van der Waals surface area contributed by atoms with Gasteiger partial charge in [0.2, 0.25) is 0 Å². The molecule has 5 nitrogen and oxygen atoms in total. The molecule has 0 amide bonds. The van der Waals surface area contributed by atoms with Crippen LogP contribution in [-0.2, 0) is 0 Å². The SMILES string of the molecule is CCCOc1cc(OCCC)c(PC(=O)c2c(Cl)cccc2OC)c(OCCC)c1.[Li]. The number of carbonyl (C=O) groups is 1. The van der Waals surface area contributed by atoms with Crippen molar-refractivity contribution in [1.29, 1.82) is 0 Å². The number of ether oxygens (including phenoxy) is 4. The van der Waals surface area contributed by atoms with Crippen molar-refractivity contribution in [1.82, 2.24) is 0 Å². The molecule has 2 rings (SSSR count). The Labute approximate surface area is 204 Å². The van der Waals surface area contributed by atoms with E-state index in [2.05, 4.69) is 0 Å². The molecule has 31 heavy (non-hydrogen) atoms. The van der Waals surface area contributed by atoms with Crippen LogP contribution in [0.1, 0.15) is 50.4 Å². The van der Waals surface area contributed by atoms with Gasteiger partial charge in [0.1, 0.15) is 23.0 Å². The molecule has 0 bridgehead atoms. The van der Waals surface area contributed by atoms with Crippen LogP contribution >= 0.6 is 20.2 Å². The molecule has 0 heterocycles. The number of benzene rings is 2. The van der Waals surface area contributed by atoms with Crippen LogP contribution < -0.4 is 24.3 Å². The number of carbonyl (C=O) groups excluding carboxylic acids is 1. The number of hydrogen-bond acceptors (Lipinski definition) is 5. The van der Waals surface area contributed by atoms with Gasteiger partial charge in [-0.3, -0.25) is 4.79 Å². The zero-order valence-electron chi connectivity index (χ0n) is 19.0. The summed E-state index contributed by atoms with van der Waals surface area (Å²) in [5, 5.41) is 1.08. The molecule has 165 valence electrons. The molecule has 2 aromatic carbocycles. The van der Waals surface area contributed by atoms with Crippen LogP contribution in [0.4, 0.5) is 0 Å². The van der Waals surface area contributed by atoms with Crippen molar-refractivity contribution in [3.63, 3.8) is 0 Å². The van der Waals surface area contributed by atoms with Crippen LogP contribution in [0.2, 0.25) is 5.02 Å². The van der Waals surface area contributed by atoms with E-state index in [0.29, 0.717) is 58.7 Å². The molecule has 8 heteroatoms. The third-order valence-electron chi connectivity index (χ3n) is 4.10. The Hall–Kier alpha value is -1.37. The molecule has 1 radical (unpaired) electrons. The summed E-state index contributed by atoms with van der Waals surface area (Å²) in [4.78, 5) is 13.2. The largest absolute Gasteiger partial charge is 0.496 e. The van der Waals surface area contributed by atoms with Crippen LogP contribution in [0.3, 0.4) is 0 Å². The topological polar surface area (TPSA) is 54.0 Å². The van der Waals surface area contributed by atoms with E-state index in [-0.39, 0.29) is 33.0 Å². The van der Waals surface area contributed by atoms with Gasteiger partial charge in [0, 0.05) is 31.0 Å². The summed E-state index contributed by atoms with van der Waals surface area (Å²) in [7, 11) is 1.29. The van der Waals surface area contributed by atoms with Crippen molar-refractivity contribution in [2.24, 2.45) is 0 Å². The minimum Gasteiger partial charge on any atom is -0.496 e. The molecule has 0 saturated heterocycles. The first-order valence-corrected chi connectivity index (χ1v) is 11.6. The molecule has 0 aliphatic carbocycles. The Kier molecular flexibility index (Phi) is 13.1. The van der Waals surface area contributed by atoms with E-state index < -0.39 is 0 Å². The average molecular weight is 460 g/mol. The maximum Gasteiger partial charge on any atom is 0.191 e. The van der Waals surface area contributed by atoms with Crippen LogP contribution in [-0.4, -0.2) is 51.3 Å². The van der Waals surface area contributed by atoms with Gasteiger partial charge >= 0.3 is 0 Å². The second-order valence-corrected chi connectivity index (χ2v) is 8.22. The van der Waals surface area contributed by atoms with Crippen molar-refractivity contribution in [3.8, 4) is 23.0 Å². The van der Waals surface area contributed by atoms with Crippen molar-refractivity contribution in [2.45, 2.75) is 40.0 Å². The summed E-state index contributed by atoms with van der Waals surface area (Å²) in [5.74, 6) is 2.34. The summed E-state index contributed by atoms with van der Waals surface area (Å²) in [6.45, 7) is 7.78. The van der Waals surface area contributed by atoms with E-state index >= 15 is 0 Å². The minimum atomic E-state index is -0.239. The van der Waals surface area contributed by atoms with E-state index in [1.54, 1.807) is 18.2 Å². The Balaban J connectivity index is 0.00000480. The maximum absolute atomic E-state index is 13.2. The van der Waals surface area contributed by atoms with Crippen molar-refractivity contribution in [2.75, 3.05) is 26.9 Å². The Morgan fingerprint density at radius 2 is 1.45 bits per heavy atom. The average Bonchev–Trinajstić information content (AvgIpc) is 2.75. The molecule has 0 aliphatic heterocycles. The van der Waals surface area contributed by atoms with E-state index in [0.717, 1.165) is 19.3 Å². The van der Waals surface area contributed by atoms with Gasteiger partial charge < -0.3 is 18.9 Å². The van der Waals surface area contributed by atoms with Gasteiger partial charge in [0.25, 0.3) is 0 Å². The normalized spacial score (nSPS) is 10.6. The second kappa shape index (κ2) is 14.6. The fourth-order valence-electron chi connectivity index (χ4n) is 2.71. The van der Waals surface area contributed by atoms with Crippen LogP contribution in [0.25, 0.3) is 0 Å². The first kappa shape index (κ1) is 27.7. The van der Waals surface area contributed by atoms with Gasteiger partial charge in [-0.25, -0.2) is 0 Å². The standard InChI is InChI=1S/C23H30ClO5P.Li/c1-5-11-27-16-14-19(28-12-6-2)22(20(15-16)29-13-7-3)30-23(25)21-17(24)9-8-10-18(21)26-4;/h8-10,14-15,30H,5-7,11-13H2,1-4H3;. The molecule has 0 fully saturated rings. The number of halogens is 1. The summed E-state index contributed by atoms with van der Waals surface area (Å²) >= 11 is 6.32. The molecule has 0 saturated carbocycles. The van der Waals surface area contributed by atoms with Crippen LogP contribution in [0, 0.1) is 0 Å². The second-order valence-electron chi connectivity index (χ2n) is 6.61. The molecule has 2 aromatic rings. The monoisotopic (exact) mass is 459 g/mol. The molecule has 0 aromatic heterocycles. The van der Waals surface area contributed by atoms with Gasteiger partial charge in [-0.15, -0.1) is 0 Å². The van der Waals surface area contributed by atoms with E-state index in [1.807, 2.05) is 32.9 Å². The summed E-state index contributed by atoms with van der Waals surface area (Å²) in [6, 6.07) is 8.85. The molecular formula is C23H30ClLiO5P. The Bertz CT molecular complexity index is 818. The number of rotatable bonds is 13. The third kappa shape index (κ3) is 7.92. The molecule has 1 atom stereocenters. The third-order valence-corrected chi connectivity index (χ3v) is 5.63. The summed E-state index contributed by atoms with van der Waals surface area (Å²) in [6.07, 6.45) is 2.59. The Morgan fingerprint density at radius 3 is 1.97 bits per heavy atom. The predicted molar refractivity (Wildman–Crippen MR) is 130 cm³/mol. The smallest absolute Gasteiger partial charge is 0.191 e. The number of hydrogen-bond donors (Lipinski definition) is 0. The van der Waals surface area contributed by atoms with Gasteiger partial charge in [-0.1, -0.05) is 38.4 Å². The quantitative estimate of drug-likeness (QED) is 0.293. The maximum atomic E-state index is 13.2. The van der Waals surface area contributed by atoms with E-state index in [4.69, 9.17) is 30.5 Å². The van der Waals surface area contributed by atoms with Gasteiger partial charge in [-0.2, -0.15) is 0 Å². The van der Waals surface area contributed by atoms with Gasteiger partial charge in [-0.05, 0) is 40.0 Å². The summed E-state index contributed by atoms with van der Waals surface area (Å²) < 4.78 is 23.1.